The van der Waals surface area contributed by atoms with Gasteiger partial charge in [0.15, 0.2) is 5.65 Å². The van der Waals surface area contributed by atoms with Gasteiger partial charge in [0.2, 0.25) is 0 Å². The fourth-order valence-electron chi connectivity index (χ4n) is 1.93. The normalized spacial score (nSPS) is 10.1. The van der Waals surface area contributed by atoms with E-state index in [2.05, 4.69) is 47.9 Å². The number of ether oxygens (including phenoxy) is 2. The molecule has 6 nitrogen and oxygen atoms in total. The van der Waals surface area contributed by atoms with Crippen molar-refractivity contribution in [1.29, 1.82) is 0 Å². The highest BCUT2D eigenvalue weighted by atomic mass is 79.9. The zero-order valence-corrected chi connectivity index (χ0v) is 13.4. The third-order valence-corrected chi connectivity index (χ3v) is 3.56. The van der Waals surface area contributed by atoms with Crippen LogP contribution in [0.15, 0.2) is 29.1 Å². The summed E-state index contributed by atoms with van der Waals surface area (Å²) in [5.74, 6) is 7.45. The molecule has 3 aromatic rings. The Morgan fingerprint density at radius 1 is 1.05 bits per heavy atom. The maximum Gasteiger partial charge on any atom is 0.186 e. The zero-order valence-electron chi connectivity index (χ0n) is 11.8. The van der Waals surface area contributed by atoms with Crippen molar-refractivity contribution in [2.75, 3.05) is 14.2 Å². The smallest absolute Gasteiger partial charge is 0.186 e. The number of nitrogens with one attached hydrogen (secondary N) is 1. The molecule has 0 saturated heterocycles. The molecule has 2 heterocycles. The molecule has 1 aromatic carbocycles. The summed E-state index contributed by atoms with van der Waals surface area (Å²) in [4.78, 5) is 8.28. The van der Waals surface area contributed by atoms with Gasteiger partial charge in [-0.25, -0.2) is 9.97 Å². The topological polar surface area (TPSA) is 72.9 Å². The van der Waals surface area contributed by atoms with E-state index in [0.717, 1.165) is 10.9 Å². The number of benzene rings is 1. The molecule has 0 aliphatic heterocycles. The Labute approximate surface area is 135 Å². The highest BCUT2D eigenvalue weighted by Gasteiger charge is 2.08. The van der Waals surface area contributed by atoms with Crippen LogP contribution in [0.1, 0.15) is 11.3 Å². The average Bonchev–Trinajstić information content (AvgIpc) is 2.94. The molecule has 3 rings (SSSR count). The molecule has 0 fully saturated rings. The summed E-state index contributed by atoms with van der Waals surface area (Å²) in [6, 6.07) is 5.46. The Balaban J connectivity index is 2.06. The van der Waals surface area contributed by atoms with Crippen molar-refractivity contribution >= 4 is 27.0 Å². The number of hydrogen-bond acceptors (Lipinski definition) is 5. The van der Waals surface area contributed by atoms with Crippen molar-refractivity contribution in [3.63, 3.8) is 0 Å². The molecule has 0 aliphatic rings. The molecule has 0 radical (unpaired) electrons. The first-order valence-corrected chi connectivity index (χ1v) is 7.10. The minimum absolute atomic E-state index is 0.564. The predicted molar refractivity (Wildman–Crippen MR) is 84.9 cm³/mol. The number of aromatic amines is 1. The van der Waals surface area contributed by atoms with Crippen molar-refractivity contribution in [2.45, 2.75) is 0 Å². The molecule has 0 atom stereocenters. The van der Waals surface area contributed by atoms with Gasteiger partial charge >= 0.3 is 0 Å². The minimum Gasteiger partial charge on any atom is -0.497 e. The van der Waals surface area contributed by atoms with E-state index in [1.54, 1.807) is 20.3 Å². The molecule has 0 unspecified atom stereocenters. The van der Waals surface area contributed by atoms with E-state index in [9.17, 15) is 0 Å². The molecule has 22 heavy (non-hydrogen) atoms. The van der Waals surface area contributed by atoms with Crippen LogP contribution < -0.4 is 9.47 Å². The van der Waals surface area contributed by atoms with Gasteiger partial charge in [0.25, 0.3) is 0 Å². The van der Waals surface area contributed by atoms with E-state index in [1.165, 1.54) is 6.33 Å². The summed E-state index contributed by atoms with van der Waals surface area (Å²) in [6.45, 7) is 0. The van der Waals surface area contributed by atoms with E-state index in [-0.39, 0.29) is 0 Å². The number of halogens is 1. The van der Waals surface area contributed by atoms with E-state index in [0.29, 0.717) is 27.4 Å². The van der Waals surface area contributed by atoms with Crippen LogP contribution in [0.25, 0.3) is 11.0 Å². The SMILES string of the molecule is COc1cc(C#Cc2ncnc3n[nH]c(Br)c23)cc(OC)c1. The van der Waals surface area contributed by atoms with Crippen LogP contribution in [0.5, 0.6) is 11.5 Å². The maximum atomic E-state index is 5.23. The molecule has 0 spiro atoms. The van der Waals surface area contributed by atoms with Gasteiger partial charge in [0.1, 0.15) is 28.1 Å². The second-order valence-electron chi connectivity index (χ2n) is 4.31. The van der Waals surface area contributed by atoms with Crippen LogP contribution in [0.3, 0.4) is 0 Å². The fraction of sp³-hybridized carbons (Fsp3) is 0.133. The molecule has 0 bridgehead atoms. The van der Waals surface area contributed by atoms with Crippen LogP contribution in [0.4, 0.5) is 0 Å². The molecular formula is C15H11BrN4O2. The van der Waals surface area contributed by atoms with Crippen molar-refractivity contribution < 1.29 is 9.47 Å². The largest absolute Gasteiger partial charge is 0.497 e. The number of aromatic nitrogens is 4. The lowest BCUT2D eigenvalue weighted by molar-refractivity contribution is 0.394. The van der Waals surface area contributed by atoms with Crippen molar-refractivity contribution in [2.24, 2.45) is 0 Å². The van der Waals surface area contributed by atoms with Gasteiger partial charge in [-0.05, 0) is 34.0 Å². The lowest BCUT2D eigenvalue weighted by Crippen LogP contribution is -1.89. The van der Waals surface area contributed by atoms with Gasteiger partial charge in [0, 0.05) is 11.6 Å². The van der Waals surface area contributed by atoms with Gasteiger partial charge in [-0.3, -0.25) is 5.10 Å². The molecule has 0 amide bonds. The van der Waals surface area contributed by atoms with Crippen molar-refractivity contribution in [3.8, 4) is 23.3 Å². The van der Waals surface area contributed by atoms with Gasteiger partial charge in [-0.1, -0.05) is 5.92 Å². The number of fused-ring (bicyclic) bond motifs is 1. The van der Waals surface area contributed by atoms with Crippen molar-refractivity contribution in [3.05, 3.63) is 40.4 Å². The lowest BCUT2D eigenvalue weighted by Gasteiger charge is -2.04. The quantitative estimate of drug-likeness (QED) is 0.712. The average molecular weight is 359 g/mol. The van der Waals surface area contributed by atoms with Gasteiger partial charge in [-0.15, -0.1) is 0 Å². The number of rotatable bonds is 2. The lowest BCUT2D eigenvalue weighted by atomic mass is 10.2. The highest BCUT2D eigenvalue weighted by Crippen LogP contribution is 2.23. The van der Waals surface area contributed by atoms with E-state index >= 15 is 0 Å². The van der Waals surface area contributed by atoms with Gasteiger partial charge < -0.3 is 9.47 Å². The first kappa shape index (κ1) is 14.4. The summed E-state index contributed by atoms with van der Waals surface area (Å²) in [7, 11) is 3.20. The van der Waals surface area contributed by atoms with Gasteiger partial charge in [-0.2, -0.15) is 5.10 Å². The van der Waals surface area contributed by atoms with Crippen LogP contribution in [0.2, 0.25) is 0 Å². The maximum absolute atomic E-state index is 5.23. The summed E-state index contributed by atoms with van der Waals surface area (Å²) >= 11 is 3.38. The molecule has 110 valence electrons. The Morgan fingerprint density at radius 2 is 1.77 bits per heavy atom. The first-order valence-electron chi connectivity index (χ1n) is 6.31. The number of methoxy groups -OCH3 is 2. The van der Waals surface area contributed by atoms with Crippen molar-refractivity contribution in [1.82, 2.24) is 20.2 Å². The highest BCUT2D eigenvalue weighted by molar-refractivity contribution is 9.10. The molecule has 0 saturated carbocycles. The molecule has 0 aliphatic carbocycles. The predicted octanol–water partition coefficient (Wildman–Crippen LogP) is 2.53. The number of H-pyrrole nitrogens is 1. The Bertz CT molecular complexity index is 873. The molecule has 7 heteroatoms. The third-order valence-electron chi connectivity index (χ3n) is 2.98. The Kier molecular flexibility index (Phi) is 3.94. The van der Waals surface area contributed by atoms with E-state index in [4.69, 9.17) is 9.47 Å². The second kappa shape index (κ2) is 6.03. The van der Waals surface area contributed by atoms with Crippen LogP contribution in [-0.2, 0) is 0 Å². The van der Waals surface area contributed by atoms with Crippen LogP contribution >= 0.6 is 15.9 Å². The molecular weight excluding hydrogens is 348 g/mol. The number of hydrogen-bond donors (Lipinski definition) is 1. The molecule has 2 aromatic heterocycles. The fourth-order valence-corrected chi connectivity index (χ4v) is 2.38. The van der Waals surface area contributed by atoms with E-state index < -0.39 is 0 Å². The monoisotopic (exact) mass is 358 g/mol. The minimum atomic E-state index is 0.564. The zero-order chi connectivity index (χ0) is 15.5. The number of nitrogens with zero attached hydrogens (tertiary/aromatic N) is 3. The Morgan fingerprint density at radius 3 is 2.45 bits per heavy atom. The summed E-state index contributed by atoms with van der Waals surface area (Å²) in [5, 5.41) is 7.62. The molecule has 1 N–H and O–H groups in total. The van der Waals surface area contributed by atoms with Gasteiger partial charge in [0.05, 0.1) is 19.6 Å². The third kappa shape index (κ3) is 2.73. The second-order valence-corrected chi connectivity index (χ2v) is 5.10. The van der Waals surface area contributed by atoms with Crippen LogP contribution in [0, 0.1) is 11.8 Å². The Hall–Kier alpha value is -2.59. The first-order chi connectivity index (χ1) is 10.7. The summed E-state index contributed by atoms with van der Waals surface area (Å²) < 4.78 is 11.2. The van der Waals surface area contributed by atoms with Crippen LogP contribution in [-0.4, -0.2) is 34.4 Å². The standard InChI is InChI=1S/C15H11BrN4O2/c1-21-10-5-9(6-11(7-10)22-2)3-4-12-13-14(16)19-20-15(13)18-8-17-12/h5-8H,1-2H3,(H,17,18,19,20). The van der Waals surface area contributed by atoms with E-state index in [1.807, 2.05) is 12.1 Å². The summed E-state index contributed by atoms with van der Waals surface area (Å²) in [5.41, 5.74) is 1.92. The summed E-state index contributed by atoms with van der Waals surface area (Å²) in [6.07, 6.45) is 1.44.